The maximum Gasteiger partial charge on any atom is 0.322 e. The zero-order chi connectivity index (χ0) is 22.3. The number of fused-ring (bicyclic) bond motifs is 1. The molecule has 3 heterocycles. The first kappa shape index (κ1) is 19.7. The van der Waals surface area contributed by atoms with Crippen molar-refractivity contribution in [1.82, 2.24) is 20.5 Å². The molecular formula is C24H20N4O4. The van der Waals surface area contributed by atoms with Crippen molar-refractivity contribution in [1.29, 1.82) is 0 Å². The highest BCUT2D eigenvalue weighted by Crippen LogP contribution is 2.33. The Balaban J connectivity index is 1.48. The lowest BCUT2D eigenvalue weighted by Gasteiger charge is -2.31. The van der Waals surface area contributed by atoms with Crippen LogP contribution in [0.2, 0.25) is 0 Å². The van der Waals surface area contributed by atoms with E-state index in [4.69, 9.17) is 4.74 Å². The summed E-state index contributed by atoms with van der Waals surface area (Å²) >= 11 is 0. The summed E-state index contributed by atoms with van der Waals surface area (Å²) in [5, 5.41) is 5.09. The summed E-state index contributed by atoms with van der Waals surface area (Å²) in [4.78, 5) is 43.7. The third-order valence-corrected chi connectivity index (χ3v) is 5.95. The van der Waals surface area contributed by atoms with E-state index in [0.29, 0.717) is 23.4 Å². The van der Waals surface area contributed by atoms with Crippen LogP contribution in [0.5, 0.6) is 5.75 Å². The number of carbonyl (C=O) groups is 3. The molecule has 0 bridgehead atoms. The van der Waals surface area contributed by atoms with E-state index in [2.05, 4.69) is 15.6 Å². The first-order valence-electron chi connectivity index (χ1n) is 10.1. The Morgan fingerprint density at radius 3 is 2.38 bits per heavy atom. The Morgan fingerprint density at radius 2 is 1.72 bits per heavy atom. The molecule has 0 radical (unpaired) electrons. The number of hydrogen-bond donors (Lipinski definition) is 2. The summed E-state index contributed by atoms with van der Waals surface area (Å²) in [6.45, 7) is 0.334. The first-order valence-corrected chi connectivity index (χ1v) is 10.1. The highest BCUT2D eigenvalue weighted by Gasteiger charge is 2.50. The fourth-order valence-electron chi connectivity index (χ4n) is 4.29. The van der Waals surface area contributed by atoms with Crippen LogP contribution in [0, 0.1) is 0 Å². The van der Waals surface area contributed by atoms with Gasteiger partial charge in [-0.3, -0.25) is 19.9 Å². The van der Waals surface area contributed by atoms with Crippen LogP contribution in [0.1, 0.15) is 21.5 Å². The van der Waals surface area contributed by atoms with E-state index in [1.165, 1.54) is 0 Å². The molecule has 3 aromatic rings. The molecule has 2 aliphatic heterocycles. The van der Waals surface area contributed by atoms with Gasteiger partial charge in [0.15, 0.2) is 5.54 Å². The van der Waals surface area contributed by atoms with Gasteiger partial charge in [0.2, 0.25) is 0 Å². The second kappa shape index (κ2) is 7.49. The van der Waals surface area contributed by atoms with Crippen LogP contribution in [0.15, 0.2) is 67.0 Å². The maximum atomic E-state index is 13.0. The molecule has 1 fully saturated rings. The molecule has 0 saturated carbocycles. The van der Waals surface area contributed by atoms with E-state index in [-0.39, 0.29) is 12.5 Å². The fraction of sp³-hybridized carbons (Fsp3) is 0.167. The molecule has 1 atom stereocenters. The van der Waals surface area contributed by atoms with Crippen LogP contribution in [0.4, 0.5) is 4.79 Å². The van der Waals surface area contributed by atoms with E-state index in [1.54, 1.807) is 48.7 Å². The van der Waals surface area contributed by atoms with Gasteiger partial charge >= 0.3 is 6.03 Å². The molecule has 0 aliphatic carbocycles. The Bertz CT molecular complexity index is 1230. The quantitative estimate of drug-likeness (QED) is 0.608. The zero-order valence-electron chi connectivity index (χ0n) is 17.3. The third-order valence-electron chi connectivity index (χ3n) is 5.95. The molecule has 1 aromatic heterocycles. The molecule has 2 N–H and O–H groups in total. The van der Waals surface area contributed by atoms with Crippen molar-refractivity contribution in [2.45, 2.75) is 12.1 Å². The minimum absolute atomic E-state index is 0.00893. The average Bonchev–Trinajstić information content (AvgIpc) is 3.29. The van der Waals surface area contributed by atoms with Crippen molar-refractivity contribution < 1.29 is 19.1 Å². The molecule has 8 nitrogen and oxygen atoms in total. The van der Waals surface area contributed by atoms with Crippen LogP contribution in [0.3, 0.4) is 0 Å². The summed E-state index contributed by atoms with van der Waals surface area (Å²) in [5.74, 6) is -0.0170. The minimum atomic E-state index is -1.38. The summed E-state index contributed by atoms with van der Waals surface area (Å²) in [7, 11) is 1.57. The molecule has 1 unspecified atom stereocenters. The highest BCUT2D eigenvalue weighted by molar-refractivity contribution is 6.08. The normalized spacial score (nSPS) is 19.5. The summed E-state index contributed by atoms with van der Waals surface area (Å²) in [5.41, 5.74) is 2.55. The molecule has 1 saturated heterocycles. The molecular weight excluding hydrogens is 408 g/mol. The lowest BCUT2D eigenvalue weighted by Crippen LogP contribution is -2.52. The standard InChI is InChI=1S/C24H20N4O4/c1-32-19-6-7-20-17(12-19)13-28(21(20)29)14-24(22(30)26-23(31)27-24)18-4-2-15(3-5-18)16-8-10-25-11-9-16/h2-12H,13-14H2,1H3,(H2,26,27,30,31). The van der Waals surface area contributed by atoms with Gasteiger partial charge in [-0.15, -0.1) is 0 Å². The molecule has 2 aromatic carbocycles. The second-order valence-electron chi connectivity index (χ2n) is 7.81. The number of methoxy groups -OCH3 is 1. The number of urea groups is 1. The smallest absolute Gasteiger partial charge is 0.322 e. The largest absolute Gasteiger partial charge is 0.497 e. The van der Waals surface area contributed by atoms with Gasteiger partial charge in [0, 0.05) is 24.5 Å². The minimum Gasteiger partial charge on any atom is -0.497 e. The zero-order valence-corrected chi connectivity index (χ0v) is 17.3. The molecule has 32 heavy (non-hydrogen) atoms. The van der Waals surface area contributed by atoms with E-state index in [9.17, 15) is 14.4 Å². The Kier molecular flexibility index (Phi) is 4.62. The van der Waals surface area contributed by atoms with E-state index < -0.39 is 17.5 Å². The van der Waals surface area contributed by atoms with Gasteiger partial charge in [-0.1, -0.05) is 24.3 Å². The lowest BCUT2D eigenvalue weighted by molar-refractivity contribution is -0.124. The number of nitrogens with zero attached hydrogens (tertiary/aromatic N) is 2. The van der Waals surface area contributed by atoms with Crippen LogP contribution in [-0.4, -0.2) is 41.4 Å². The number of hydrogen-bond acceptors (Lipinski definition) is 5. The maximum absolute atomic E-state index is 13.0. The van der Waals surface area contributed by atoms with Crippen molar-refractivity contribution in [3.63, 3.8) is 0 Å². The highest BCUT2D eigenvalue weighted by atomic mass is 16.5. The second-order valence-corrected chi connectivity index (χ2v) is 7.81. The van der Waals surface area contributed by atoms with Crippen LogP contribution < -0.4 is 15.4 Å². The van der Waals surface area contributed by atoms with E-state index in [1.807, 2.05) is 30.3 Å². The molecule has 5 rings (SSSR count). The molecule has 2 aliphatic rings. The summed E-state index contributed by atoms with van der Waals surface area (Å²) in [6, 6.07) is 15.8. The van der Waals surface area contributed by atoms with Gasteiger partial charge in [-0.2, -0.15) is 0 Å². The van der Waals surface area contributed by atoms with Gasteiger partial charge in [-0.05, 0) is 52.6 Å². The van der Waals surface area contributed by atoms with Crippen LogP contribution in [-0.2, 0) is 16.9 Å². The first-order chi connectivity index (χ1) is 15.5. The van der Waals surface area contributed by atoms with E-state index >= 15 is 0 Å². The summed E-state index contributed by atoms with van der Waals surface area (Å²) in [6.07, 6.45) is 3.42. The van der Waals surface area contributed by atoms with Crippen molar-refractivity contribution in [3.05, 3.63) is 83.7 Å². The topological polar surface area (TPSA) is 101 Å². The number of ether oxygens (including phenoxy) is 1. The Labute approximate surface area is 184 Å². The van der Waals surface area contributed by atoms with E-state index in [0.717, 1.165) is 16.7 Å². The summed E-state index contributed by atoms with van der Waals surface area (Å²) < 4.78 is 5.26. The number of rotatable bonds is 5. The van der Waals surface area contributed by atoms with Gasteiger partial charge in [0.25, 0.3) is 11.8 Å². The number of nitrogens with one attached hydrogen (secondary N) is 2. The lowest BCUT2D eigenvalue weighted by atomic mass is 9.88. The van der Waals surface area contributed by atoms with Gasteiger partial charge < -0.3 is 15.0 Å². The molecule has 160 valence electrons. The molecule has 0 spiro atoms. The van der Waals surface area contributed by atoms with Crippen LogP contribution in [0.25, 0.3) is 11.1 Å². The molecule has 4 amide bonds. The average molecular weight is 428 g/mol. The number of benzene rings is 2. The van der Waals surface area contributed by atoms with Gasteiger partial charge in [-0.25, -0.2) is 4.79 Å². The molecule has 8 heteroatoms. The fourth-order valence-corrected chi connectivity index (χ4v) is 4.29. The number of amides is 4. The SMILES string of the molecule is COc1ccc2c(c1)CN(CC1(c3ccc(-c4ccncc4)cc3)NC(=O)NC1=O)C2=O. The van der Waals surface area contributed by atoms with Gasteiger partial charge in [0.1, 0.15) is 5.75 Å². The number of carbonyl (C=O) groups excluding carboxylic acids is 3. The van der Waals surface area contributed by atoms with Crippen molar-refractivity contribution >= 4 is 17.8 Å². The number of imide groups is 1. The Morgan fingerprint density at radius 1 is 1.00 bits per heavy atom. The van der Waals surface area contributed by atoms with Crippen LogP contribution >= 0.6 is 0 Å². The monoisotopic (exact) mass is 428 g/mol. The number of pyridine rings is 1. The third kappa shape index (κ3) is 3.17. The Hall–Kier alpha value is -4.20. The van der Waals surface area contributed by atoms with Gasteiger partial charge in [0.05, 0.1) is 13.7 Å². The number of aromatic nitrogens is 1. The predicted octanol–water partition coefficient (Wildman–Crippen LogP) is 2.45. The van der Waals surface area contributed by atoms with Crippen molar-refractivity contribution in [3.8, 4) is 16.9 Å². The van der Waals surface area contributed by atoms with Crippen molar-refractivity contribution in [2.75, 3.05) is 13.7 Å². The van der Waals surface area contributed by atoms with Crippen molar-refractivity contribution in [2.24, 2.45) is 0 Å². The predicted molar refractivity (Wildman–Crippen MR) is 116 cm³/mol.